The summed E-state index contributed by atoms with van der Waals surface area (Å²) in [6.07, 6.45) is 1.49. The van der Waals surface area contributed by atoms with E-state index in [4.69, 9.17) is 0 Å². The minimum Gasteiger partial charge on any atom is -0.465 e. The first kappa shape index (κ1) is 17.1. The van der Waals surface area contributed by atoms with Crippen molar-refractivity contribution in [3.05, 3.63) is 82.5 Å². The fourth-order valence-electron chi connectivity index (χ4n) is 2.47. The standard InChI is InChI=1S/C19H15N3O4/c1-26-19(23)14-9-7-13(8-10-14)15-4-2-5-16(12-15)21-18-17(22(24)25)6-3-11-20-18/h2-12H,1H3,(H,20,21). The predicted octanol–water partition coefficient (Wildman–Crippen LogP) is 4.19. The molecule has 0 unspecified atom stereocenters. The van der Waals surface area contributed by atoms with Crippen LogP contribution < -0.4 is 5.32 Å². The number of carbonyl (C=O) groups excluding carboxylic acids is 1. The summed E-state index contributed by atoms with van der Waals surface area (Å²) in [5, 5.41) is 14.1. The van der Waals surface area contributed by atoms with Crippen molar-refractivity contribution >= 4 is 23.2 Å². The van der Waals surface area contributed by atoms with Crippen molar-refractivity contribution in [1.29, 1.82) is 0 Å². The number of esters is 1. The molecular formula is C19H15N3O4. The Hall–Kier alpha value is -3.74. The topological polar surface area (TPSA) is 94.4 Å². The zero-order valence-corrected chi connectivity index (χ0v) is 13.9. The first-order valence-corrected chi connectivity index (χ1v) is 7.74. The third-order valence-corrected chi connectivity index (χ3v) is 3.75. The van der Waals surface area contributed by atoms with E-state index in [9.17, 15) is 14.9 Å². The number of rotatable bonds is 5. The van der Waals surface area contributed by atoms with E-state index < -0.39 is 10.9 Å². The summed E-state index contributed by atoms with van der Waals surface area (Å²) < 4.78 is 4.69. The highest BCUT2D eigenvalue weighted by atomic mass is 16.6. The molecule has 0 fully saturated rings. The molecule has 130 valence electrons. The molecule has 1 heterocycles. The van der Waals surface area contributed by atoms with Gasteiger partial charge in [-0.1, -0.05) is 24.3 Å². The fraction of sp³-hybridized carbons (Fsp3) is 0.0526. The van der Waals surface area contributed by atoms with Crippen LogP contribution >= 0.6 is 0 Å². The number of carbonyl (C=O) groups is 1. The lowest BCUT2D eigenvalue weighted by Gasteiger charge is -2.09. The van der Waals surface area contributed by atoms with Gasteiger partial charge in [0.2, 0.25) is 5.82 Å². The molecule has 0 atom stereocenters. The van der Waals surface area contributed by atoms with Crippen LogP contribution in [0.4, 0.5) is 17.2 Å². The van der Waals surface area contributed by atoms with Gasteiger partial charge in [-0.3, -0.25) is 10.1 Å². The monoisotopic (exact) mass is 349 g/mol. The number of nitrogens with zero attached hydrogens (tertiary/aromatic N) is 2. The number of ether oxygens (including phenoxy) is 1. The Balaban J connectivity index is 1.87. The first-order valence-electron chi connectivity index (χ1n) is 7.74. The Morgan fingerprint density at radius 1 is 1.08 bits per heavy atom. The van der Waals surface area contributed by atoms with E-state index in [1.165, 1.54) is 25.4 Å². The van der Waals surface area contributed by atoms with Crippen LogP contribution in [0.2, 0.25) is 0 Å². The van der Waals surface area contributed by atoms with Gasteiger partial charge in [0.15, 0.2) is 0 Å². The highest BCUT2D eigenvalue weighted by Crippen LogP contribution is 2.28. The molecule has 26 heavy (non-hydrogen) atoms. The maximum Gasteiger partial charge on any atom is 0.337 e. The molecule has 3 rings (SSSR count). The van der Waals surface area contributed by atoms with Crippen LogP contribution in [0.3, 0.4) is 0 Å². The zero-order chi connectivity index (χ0) is 18.5. The summed E-state index contributed by atoms with van der Waals surface area (Å²) in [7, 11) is 1.34. The van der Waals surface area contributed by atoms with Crippen LogP contribution in [0.1, 0.15) is 10.4 Å². The molecule has 2 aromatic carbocycles. The second-order valence-corrected chi connectivity index (χ2v) is 5.40. The van der Waals surface area contributed by atoms with Crippen LogP contribution in [-0.2, 0) is 4.74 Å². The number of methoxy groups -OCH3 is 1. The van der Waals surface area contributed by atoms with E-state index in [1.807, 2.05) is 30.3 Å². The lowest BCUT2D eigenvalue weighted by molar-refractivity contribution is -0.384. The number of nitrogens with one attached hydrogen (secondary N) is 1. The molecule has 0 saturated heterocycles. The molecule has 7 nitrogen and oxygen atoms in total. The second-order valence-electron chi connectivity index (χ2n) is 5.40. The number of nitro groups is 1. The van der Waals surface area contributed by atoms with Gasteiger partial charge in [0.05, 0.1) is 17.6 Å². The minimum absolute atomic E-state index is 0.0969. The van der Waals surface area contributed by atoms with E-state index in [2.05, 4.69) is 15.0 Å². The molecule has 0 amide bonds. The summed E-state index contributed by atoms with van der Waals surface area (Å²) >= 11 is 0. The average molecular weight is 349 g/mol. The van der Waals surface area contributed by atoms with Crippen LogP contribution in [-0.4, -0.2) is 23.0 Å². The van der Waals surface area contributed by atoms with Crippen LogP contribution in [0, 0.1) is 10.1 Å². The van der Waals surface area contributed by atoms with Crippen molar-refractivity contribution in [2.24, 2.45) is 0 Å². The lowest BCUT2D eigenvalue weighted by atomic mass is 10.0. The third-order valence-electron chi connectivity index (χ3n) is 3.75. The second kappa shape index (κ2) is 7.43. The SMILES string of the molecule is COC(=O)c1ccc(-c2cccc(Nc3ncccc3[N+](=O)[O-])c2)cc1. The van der Waals surface area contributed by atoms with Crippen LogP contribution in [0.25, 0.3) is 11.1 Å². The third kappa shape index (κ3) is 3.67. The molecule has 3 aromatic rings. The van der Waals surface area contributed by atoms with E-state index in [0.29, 0.717) is 11.3 Å². The summed E-state index contributed by atoms with van der Waals surface area (Å²) in [6, 6.07) is 17.3. The molecule has 0 aliphatic rings. The van der Waals surface area contributed by atoms with Crippen molar-refractivity contribution in [1.82, 2.24) is 4.98 Å². The van der Waals surface area contributed by atoms with Crippen LogP contribution in [0.5, 0.6) is 0 Å². The van der Waals surface area contributed by atoms with E-state index >= 15 is 0 Å². The smallest absolute Gasteiger partial charge is 0.337 e. The summed E-state index contributed by atoms with van der Waals surface area (Å²) in [5.41, 5.74) is 2.83. The van der Waals surface area contributed by atoms with E-state index in [0.717, 1.165) is 11.1 Å². The van der Waals surface area contributed by atoms with Crippen LogP contribution in [0.15, 0.2) is 66.9 Å². The number of anilines is 2. The number of hydrogen-bond acceptors (Lipinski definition) is 6. The van der Waals surface area contributed by atoms with Gasteiger partial charge in [-0.15, -0.1) is 0 Å². The fourth-order valence-corrected chi connectivity index (χ4v) is 2.47. The summed E-state index contributed by atoms with van der Waals surface area (Å²) in [5.74, 6) is -0.217. The van der Waals surface area contributed by atoms with Gasteiger partial charge in [0.25, 0.3) is 0 Å². The molecule has 0 spiro atoms. The Morgan fingerprint density at radius 3 is 2.54 bits per heavy atom. The van der Waals surface area contributed by atoms with Gasteiger partial charge in [-0.25, -0.2) is 9.78 Å². The number of hydrogen-bond donors (Lipinski definition) is 1. The van der Waals surface area contributed by atoms with Crippen molar-refractivity contribution in [3.63, 3.8) is 0 Å². The van der Waals surface area contributed by atoms with Crippen molar-refractivity contribution < 1.29 is 14.5 Å². The largest absolute Gasteiger partial charge is 0.465 e. The van der Waals surface area contributed by atoms with Gasteiger partial charge < -0.3 is 10.1 Å². The Morgan fingerprint density at radius 2 is 1.85 bits per heavy atom. The number of benzene rings is 2. The molecule has 0 saturated carbocycles. The van der Waals surface area contributed by atoms with E-state index in [-0.39, 0.29) is 11.5 Å². The van der Waals surface area contributed by atoms with Gasteiger partial charge in [0, 0.05) is 18.0 Å². The molecule has 0 aliphatic carbocycles. The summed E-state index contributed by atoms with van der Waals surface area (Å²) in [6.45, 7) is 0. The lowest BCUT2D eigenvalue weighted by Crippen LogP contribution is -2.00. The first-order chi connectivity index (χ1) is 12.6. The highest BCUT2D eigenvalue weighted by Gasteiger charge is 2.14. The minimum atomic E-state index is -0.481. The van der Waals surface area contributed by atoms with Gasteiger partial charge in [-0.05, 0) is 41.5 Å². The van der Waals surface area contributed by atoms with Gasteiger partial charge in [0.1, 0.15) is 0 Å². The van der Waals surface area contributed by atoms with Gasteiger partial charge in [-0.2, -0.15) is 0 Å². The molecule has 1 aromatic heterocycles. The predicted molar refractivity (Wildman–Crippen MR) is 97.4 cm³/mol. The average Bonchev–Trinajstić information content (AvgIpc) is 2.68. The molecule has 0 aliphatic heterocycles. The van der Waals surface area contributed by atoms with E-state index in [1.54, 1.807) is 18.2 Å². The number of aromatic nitrogens is 1. The molecule has 0 radical (unpaired) electrons. The molecule has 1 N–H and O–H groups in total. The quantitative estimate of drug-likeness (QED) is 0.422. The Bertz CT molecular complexity index is 955. The van der Waals surface area contributed by atoms with Crippen molar-refractivity contribution in [2.45, 2.75) is 0 Å². The number of pyridine rings is 1. The Kier molecular flexibility index (Phi) is 4.89. The molecular weight excluding hydrogens is 334 g/mol. The van der Waals surface area contributed by atoms with Crippen molar-refractivity contribution in [2.75, 3.05) is 12.4 Å². The normalized spacial score (nSPS) is 10.2. The zero-order valence-electron chi connectivity index (χ0n) is 13.9. The van der Waals surface area contributed by atoms with Gasteiger partial charge >= 0.3 is 11.7 Å². The maximum absolute atomic E-state index is 11.5. The summed E-state index contributed by atoms with van der Waals surface area (Å²) in [4.78, 5) is 26.2. The maximum atomic E-state index is 11.5. The van der Waals surface area contributed by atoms with Crippen molar-refractivity contribution in [3.8, 4) is 11.1 Å². The Labute approximate surface area is 149 Å². The highest BCUT2D eigenvalue weighted by molar-refractivity contribution is 5.90. The molecule has 0 bridgehead atoms. The molecule has 7 heteroatoms.